The molecule has 1 heteroatoms. The first kappa shape index (κ1) is 10.1. The summed E-state index contributed by atoms with van der Waals surface area (Å²) < 4.78 is 0. The Hall–Kier alpha value is 0.0900. The molecule has 0 spiro atoms. The van der Waals surface area contributed by atoms with Gasteiger partial charge in [-0.2, -0.15) is 0 Å². The molecular weight excluding hydrogens is 140 g/mol. The van der Waals surface area contributed by atoms with Crippen LogP contribution in [0.3, 0.4) is 0 Å². The Morgan fingerprint density at radius 3 is 2.70 bits per heavy atom. The molecule has 10 heavy (non-hydrogen) atoms. The molecule has 0 saturated heterocycles. The highest BCUT2D eigenvalue weighted by Gasteiger charge is 1.79. The van der Waals surface area contributed by atoms with Gasteiger partial charge in [0.15, 0.2) is 0 Å². The quantitative estimate of drug-likeness (QED) is 0.530. The molecule has 0 aromatic heterocycles. The second-order valence-corrected chi connectivity index (χ2v) is 3.25. The van der Waals surface area contributed by atoms with Crippen LogP contribution in [0.5, 0.6) is 0 Å². The molecule has 0 unspecified atom stereocenters. The van der Waals surface area contributed by atoms with E-state index in [0.29, 0.717) is 0 Å². The summed E-state index contributed by atoms with van der Waals surface area (Å²) in [7, 11) is 0. The Morgan fingerprint density at radius 1 is 1.30 bits per heavy atom. The number of allylic oxidation sites excluding steroid dienone is 1. The SMILES string of the molecule is CCCC/C=[C]\SCCC. The molecule has 0 N–H and O–H groups in total. The van der Waals surface area contributed by atoms with Crippen LogP contribution in [0.2, 0.25) is 0 Å². The van der Waals surface area contributed by atoms with Crippen molar-refractivity contribution < 1.29 is 0 Å². The van der Waals surface area contributed by atoms with E-state index in [2.05, 4.69) is 25.3 Å². The van der Waals surface area contributed by atoms with Gasteiger partial charge in [0.2, 0.25) is 0 Å². The molecule has 0 aromatic rings. The molecule has 0 aliphatic rings. The lowest BCUT2D eigenvalue weighted by molar-refractivity contribution is 0.815. The Labute approximate surface area is 69.1 Å². The van der Waals surface area contributed by atoms with Crippen molar-refractivity contribution in [3.05, 3.63) is 11.5 Å². The predicted molar refractivity (Wildman–Crippen MR) is 50.1 cm³/mol. The van der Waals surface area contributed by atoms with Crippen molar-refractivity contribution in [1.29, 1.82) is 0 Å². The van der Waals surface area contributed by atoms with Gasteiger partial charge in [-0.25, -0.2) is 0 Å². The minimum absolute atomic E-state index is 1.20. The number of hydrogen-bond acceptors (Lipinski definition) is 1. The van der Waals surface area contributed by atoms with Crippen LogP contribution in [0.4, 0.5) is 0 Å². The Balaban J connectivity index is 2.89. The molecule has 0 atom stereocenters. The lowest BCUT2D eigenvalue weighted by Gasteiger charge is -1.88. The highest BCUT2D eigenvalue weighted by Crippen LogP contribution is 2.04. The third kappa shape index (κ3) is 8.09. The molecule has 0 aliphatic carbocycles. The van der Waals surface area contributed by atoms with Gasteiger partial charge in [0.25, 0.3) is 0 Å². The van der Waals surface area contributed by atoms with Gasteiger partial charge in [0, 0.05) is 5.41 Å². The summed E-state index contributed by atoms with van der Waals surface area (Å²) >= 11 is 1.80. The Bertz CT molecular complexity index is 66.8. The zero-order chi connectivity index (χ0) is 7.66. The van der Waals surface area contributed by atoms with Crippen molar-refractivity contribution >= 4 is 11.8 Å². The van der Waals surface area contributed by atoms with Crippen LogP contribution in [0, 0.1) is 5.41 Å². The van der Waals surface area contributed by atoms with E-state index in [-0.39, 0.29) is 0 Å². The molecule has 0 heterocycles. The molecule has 0 bridgehead atoms. The second kappa shape index (κ2) is 9.09. The lowest BCUT2D eigenvalue weighted by Crippen LogP contribution is -1.69. The molecule has 0 saturated carbocycles. The maximum absolute atomic E-state index is 3.21. The largest absolute Gasteiger partial charge is 0.125 e. The highest BCUT2D eigenvalue weighted by atomic mass is 32.2. The summed E-state index contributed by atoms with van der Waals surface area (Å²) in [6, 6.07) is 0. The van der Waals surface area contributed by atoms with Crippen LogP contribution in [0.1, 0.15) is 39.5 Å². The average molecular weight is 157 g/mol. The maximum atomic E-state index is 3.21. The van der Waals surface area contributed by atoms with Gasteiger partial charge in [-0.05, 0) is 18.6 Å². The molecule has 0 aromatic carbocycles. The first-order valence-corrected chi connectivity index (χ1v) is 5.09. The van der Waals surface area contributed by atoms with Crippen molar-refractivity contribution in [1.82, 2.24) is 0 Å². The fourth-order valence-corrected chi connectivity index (χ4v) is 1.14. The Kier molecular flexibility index (Phi) is 9.17. The minimum atomic E-state index is 1.20. The molecule has 0 nitrogen and oxygen atoms in total. The highest BCUT2D eigenvalue weighted by molar-refractivity contribution is 8.00. The smallest absolute Gasteiger partial charge is 0.0165 e. The van der Waals surface area contributed by atoms with Crippen LogP contribution in [0.25, 0.3) is 0 Å². The van der Waals surface area contributed by atoms with E-state index in [4.69, 9.17) is 0 Å². The third-order valence-corrected chi connectivity index (χ3v) is 2.12. The van der Waals surface area contributed by atoms with Crippen molar-refractivity contribution in [3.8, 4) is 0 Å². The lowest BCUT2D eigenvalue weighted by atomic mass is 10.2. The standard InChI is InChI=1S/C9H17S/c1-3-5-6-7-9-10-8-4-2/h7H,3-6,8H2,1-2H3. The molecule has 59 valence electrons. The summed E-state index contributed by atoms with van der Waals surface area (Å²) in [6.45, 7) is 4.41. The number of unbranched alkanes of at least 4 members (excludes halogenated alkanes) is 2. The van der Waals surface area contributed by atoms with Crippen LogP contribution in [0.15, 0.2) is 6.08 Å². The first-order chi connectivity index (χ1) is 4.91. The zero-order valence-corrected chi connectivity index (χ0v) is 7.84. The fourth-order valence-electron chi connectivity index (χ4n) is 0.585. The summed E-state index contributed by atoms with van der Waals surface area (Å²) in [4.78, 5) is 0. The van der Waals surface area contributed by atoms with Crippen molar-refractivity contribution in [2.24, 2.45) is 0 Å². The first-order valence-electron chi connectivity index (χ1n) is 4.10. The van der Waals surface area contributed by atoms with Gasteiger partial charge < -0.3 is 0 Å². The van der Waals surface area contributed by atoms with Crippen LogP contribution in [-0.2, 0) is 0 Å². The van der Waals surface area contributed by atoms with Gasteiger partial charge in [0.1, 0.15) is 0 Å². The number of hydrogen-bond donors (Lipinski definition) is 0. The zero-order valence-electron chi connectivity index (χ0n) is 7.02. The summed E-state index contributed by atoms with van der Waals surface area (Å²) in [5, 5.41) is 3.21. The van der Waals surface area contributed by atoms with Crippen molar-refractivity contribution in [3.63, 3.8) is 0 Å². The second-order valence-electron chi connectivity index (χ2n) is 2.31. The van der Waals surface area contributed by atoms with E-state index < -0.39 is 0 Å². The molecule has 0 aliphatic heterocycles. The molecule has 0 fully saturated rings. The van der Waals surface area contributed by atoms with Crippen LogP contribution >= 0.6 is 11.8 Å². The summed E-state index contributed by atoms with van der Waals surface area (Å²) in [5.41, 5.74) is 0. The van der Waals surface area contributed by atoms with E-state index >= 15 is 0 Å². The number of rotatable bonds is 6. The van der Waals surface area contributed by atoms with E-state index in [1.807, 2.05) is 0 Å². The Morgan fingerprint density at radius 2 is 2.10 bits per heavy atom. The normalized spacial score (nSPS) is 11.0. The van der Waals surface area contributed by atoms with Crippen LogP contribution in [-0.4, -0.2) is 5.75 Å². The fraction of sp³-hybridized carbons (Fsp3) is 0.778. The number of thioether (sulfide) groups is 1. The molecule has 1 radical (unpaired) electrons. The van der Waals surface area contributed by atoms with Crippen LogP contribution < -0.4 is 0 Å². The topological polar surface area (TPSA) is 0 Å². The molecule has 0 rings (SSSR count). The molecular formula is C9H17S. The van der Waals surface area contributed by atoms with Gasteiger partial charge in [0.05, 0.1) is 0 Å². The van der Waals surface area contributed by atoms with Gasteiger partial charge in [-0.3, -0.25) is 0 Å². The monoisotopic (exact) mass is 157 g/mol. The molecule has 0 amide bonds. The predicted octanol–water partition coefficient (Wildman–Crippen LogP) is 3.64. The average Bonchev–Trinajstić information content (AvgIpc) is 1.97. The van der Waals surface area contributed by atoms with Crippen molar-refractivity contribution in [2.45, 2.75) is 39.5 Å². The van der Waals surface area contributed by atoms with Gasteiger partial charge in [-0.15, -0.1) is 11.8 Å². The third-order valence-electron chi connectivity index (χ3n) is 1.17. The maximum Gasteiger partial charge on any atom is 0.0165 e. The van der Waals surface area contributed by atoms with E-state index in [9.17, 15) is 0 Å². The van der Waals surface area contributed by atoms with E-state index in [0.717, 1.165) is 0 Å². The van der Waals surface area contributed by atoms with Crippen molar-refractivity contribution in [2.75, 3.05) is 5.75 Å². The van der Waals surface area contributed by atoms with E-state index in [1.165, 1.54) is 31.4 Å². The van der Waals surface area contributed by atoms with E-state index in [1.54, 1.807) is 11.8 Å². The summed E-state index contributed by atoms with van der Waals surface area (Å²) in [6.07, 6.45) is 7.20. The van der Waals surface area contributed by atoms with Gasteiger partial charge in [-0.1, -0.05) is 32.8 Å². The van der Waals surface area contributed by atoms with Gasteiger partial charge >= 0.3 is 0 Å². The minimum Gasteiger partial charge on any atom is -0.125 e. The summed E-state index contributed by atoms with van der Waals surface area (Å²) in [5.74, 6) is 1.21.